The summed E-state index contributed by atoms with van der Waals surface area (Å²) in [6, 6.07) is 3.22. The van der Waals surface area contributed by atoms with E-state index in [1.165, 1.54) is 13.2 Å². The second kappa shape index (κ2) is 5.01. The van der Waals surface area contributed by atoms with Crippen molar-refractivity contribution in [3.8, 4) is 0 Å². The van der Waals surface area contributed by atoms with Crippen LogP contribution in [0.2, 0.25) is 5.02 Å². The first kappa shape index (κ1) is 11.8. The van der Waals surface area contributed by atoms with E-state index < -0.39 is 5.97 Å². The monoisotopic (exact) mass is 296 g/mol. The molecule has 0 aliphatic heterocycles. The van der Waals surface area contributed by atoms with E-state index in [-0.39, 0.29) is 5.88 Å². The first-order valence-electron chi connectivity index (χ1n) is 3.72. The van der Waals surface area contributed by atoms with Gasteiger partial charge in [0.25, 0.3) is 0 Å². The second-order valence-corrected chi connectivity index (χ2v) is 4.10. The zero-order valence-corrected chi connectivity index (χ0v) is 10.4. The number of esters is 1. The van der Waals surface area contributed by atoms with Gasteiger partial charge in [-0.3, -0.25) is 0 Å². The van der Waals surface area contributed by atoms with Crippen molar-refractivity contribution in [3.63, 3.8) is 0 Å². The van der Waals surface area contributed by atoms with Crippen LogP contribution < -0.4 is 0 Å². The first-order chi connectivity index (χ1) is 6.60. The van der Waals surface area contributed by atoms with Gasteiger partial charge in [-0.15, -0.1) is 11.6 Å². The maximum absolute atomic E-state index is 11.3. The van der Waals surface area contributed by atoms with Gasteiger partial charge in [0, 0.05) is 15.4 Å². The van der Waals surface area contributed by atoms with Crippen molar-refractivity contribution in [1.29, 1.82) is 0 Å². The summed E-state index contributed by atoms with van der Waals surface area (Å²) in [5, 5.41) is 0.464. The molecule has 5 heteroatoms. The van der Waals surface area contributed by atoms with Crippen molar-refractivity contribution in [2.24, 2.45) is 0 Å². The fraction of sp³-hybridized carbons (Fsp3) is 0.222. The van der Waals surface area contributed by atoms with Crippen molar-refractivity contribution in [2.45, 2.75) is 5.88 Å². The molecule has 76 valence electrons. The summed E-state index contributed by atoms with van der Waals surface area (Å²) in [5.74, 6) is -0.216. The van der Waals surface area contributed by atoms with E-state index in [0.29, 0.717) is 20.6 Å². The van der Waals surface area contributed by atoms with Gasteiger partial charge in [-0.1, -0.05) is 27.5 Å². The Morgan fingerprint density at radius 2 is 2.21 bits per heavy atom. The number of carbonyl (C=O) groups excluding carboxylic acids is 1. The van der Waals surface area contributed by atoms with E-state index in [9.17, 15) is 4.79 Å². The van der Waals surface area contributed by atoms with Crippen LogP contribution in [0.5, 0.6) is 0 Å². The molecule has 0 aliphatic rings. The predicted molar refractivity (Wildman–Crippen MR) is 60.0 cm³/mol. The molecule has 1 aromatic rings. The fourth-order valence-corrected chi connectivity index (χ4v) is 2.43. The quantitative estimate of drug-likeness (QED) is 0.615. The Morgan fingerprint density at radius 3 is 2.71 bits per heavy atom. The molecule has 0 bridgehead atoms. The number of rotatable bonds is 2. The van der Waals surface area contributed by atoms with E-state index in [4.69, 9.17) is 23.2 Å². The van der Waals surface area contributed by atoms with Crippen LogP contribution in [-0.2, 0) is 10.6 Å². The summed E-state index contributed by atoms with van der Waals surface area (Å²) < 4.78 is 5.32. The van der Waals surface area contributed by atoms with E-state index >= 15 is 0 Å². The van der Waals surface area contributed by atoms with Crippen LogP contribution in [0.25, 0.3) is 0 Å². The molecule has 14 heavy (non-hydrogen) atoms. The highest BCUT2D eigenvalue weighted by molar-refractivity contribution is 9.10. The van der Waals surface area contributed by atoms with Crippen LogP contribution in [0.3, 0.4) is 0 Å². The van der Waals surface area contributed by atoms with Crippen LogP contribution in [0, 0.1) is 0 Å². The minimum Gasteiger partial charge on any atom is -0.465 e. The summed E-state index contributed by atoms with van der Waals surface area (Å²) in [6.45, 7) is 0. The smallest absolute Gasteiger partial charge is 0.338 e. The molecule has 0 spiro atoms. The number of carbonyl (C=O) groups is 1. The Hall–Kier alpha value is -0.250. The first-order valence-corrected chi connectivity index (χ1v) is 5.43. The number of halogens is 3. The summed E-state index contributed by atoms with van der Waals surface area (Å²) in [5.41, 5.74) is 1.07. The number of benzene rings is 1. The lowest BCUT2D eigenvalue weighted by atomic mass is 10.1. The number of methoxy groups -OCH3 is 1. The standard InChI is InChI=1S/C9H7BrCl2O2/c1-14-9(13)6-2-5(12)3-8(10)7(6)4-11/h2-3H,4H2,1H3. The van der Waals surface area contributed by atoms with Gasteiger partial charge in [-0.25, -0.2) is 4.79 Å². The Balaban J connectivity index is 3.32. The van der Waals surface area contributed by atoms with Gasteiger partial charge in [0.05, 0.1) is 12.7 Å². The third-order valence-corrected chi connectivity index (χ3v) is 2.89. The maximum atomic E-state index is 11.3. The van der Waals surface area contributed by atoms with E-state index in [1.54, 1.807) is 6.07 Å². The van der Waals surface area contributed by atoms with Crippen molar-refractivity contribution in [1.82, 2.24) is 0 Å². The molecule has 0 N–H and O–H groups in total. The van der Waals surface area contributed by atoms with Gasteiger partial charge in [-0.05, 0) is 17.7 Å². The van der Waals surface area contributed by atoms with Gasteiger partial charge >= 0.3 is 5.97 Å². The fourth-order valence-electron chi connectivity index (χ4n) is 1.03. The van der Waals surface area contributed by atoms with Crippen LogP contribution >= 0.6 is 39.1 Å². The summed E-state index contributed by atoms with van der Waals surface area (Å²) in [7, 11) is 1.31. The van der Waals surface area contributed by atoms with E-state index in [2.05, 4.69) is 20.7 Å². The highest BCUT2D eigenvalue weighted by atomic mass is 79.9. The molecule has 0 amide bonds. The van der Waals surface area contributed by atoms with Crippen molar-refractivity contribution < 1.29 is 9.53 Å². The second-order valence-electron chi connectivity index (χ2n) is 2.54. The third-order valence-electron chi connectivity index (χ3n) is 1.70. The number of ether oxygens (including phenoxy) is 1. The molecule has 0 atom stereocenters. The Kier molecular flexibility index (Phi) is 4.23. The normalized spacial score (nSPS) is 10.0. The molecule has 0 heterocycles. The predicted octanol–water partition coefficient (Wildman–Crippen LogP) is 3.63. The maximum Gasteiger partial charge on any atom is 0.338 e. The van der Waals surface area contributed by atoms with Crippen LogP contribution in [0.4, 0.5) is 0 Å². The van der Waals surface area contributed by atoms with Crippen LogP contribution in [0.1, 0.15) is 15.9 Å². The van der Waals surface area contributed by atoms with Gasteiger partial charge in [-0.2, -0.15) is 0 Å². The summed E-state index contributed by atoms with van der Waals surface area (Å²) in [6.07, 6.45) is 0. The van der Waals surface area contributed by atoms with E-state index in [0.717, 1.165) is 0 Å². The van der Waals surface area contributed by atoms with Gasteiger partial charge in [0.1, 0.15) is 0 Å². The van der Waals surface area contributed by atoms with Crippen LogP contribution in [-0.4, -0.2) is 13.1 Å². The number of hydrogen-bond acceptors (Lipinski definition) is 2. The molecule has 1 rings (SSSR count). The highest BCUT2D eigenvalue weighted by Crippen LogP contribution is 2.27. The highest BCUT2D eigenvalue weighted by Gasteiger charge is 2.14. The Labute approximate surface area is 100 Å². The molecular weight excluding hydrogens is 291 g/mol. The number of alkyl halides is 1. The largest absolute Gasteiger partial charge is 0.465 e. The Morgan fingerprint density at radius 1 is 1.57 bits per heavy atom. The number of hydrogen-bond donors (Lipinski definition) is 0. The third kappa shape index (κ3) is 2.41. The van der Waals surface area contributed by atoms with Gasteiger partial charge < -0.3 is 4.74 Å². The zero-order chi connectivity index (χ0) is 10.7. The average molecular weight is 298 g/mol. The lowest BCUT2D eigenvalue weighted by Crippen LogP contribution is -2.05. The van der Waals surface area contributed by atoms with Crippen molar-refractivity contribution in [2.75, 3.05) is 7.11 Å². The summed E-state index contributed by atoms with van der Waals surface area (Å²) in [4.78, 5) is 11.3. The molecule has 0 radical (unpaired) electrons. The van der Waals surface area contributed by atoms with Crippen molar-refractivity contribution in [3.05, 3.63) is 32.8 Å². The molecule has 0 unspecified atom stereocenters. The lowest BCUT2D eigenvalue weighted by molar-refractivity contribution is 0.0599. The molecule has 0 saturated heterocycles. The molecule has 0 saturated carbocycles. The topological polar surface area (TPSA) is 26.3 Å². The Bertz CT molecular complexity index is 366. The minimum atomic E-state index is -0.441. The summed E-state index contributed by atoms with van der Waals surface area (Å²) >= 11 is 14.8. The SMILES string of the molecule is COC(=O)c1cc(Cl)cc(Br)c1CCl. The molecule has 0 aliphatic carbocycles. The molecule has 2 nitrogen and oxygen atoms in total. The van der Waals surface area contributed by atoms with Crippen molar-refractivity contribution >= 4 is 45.1 Å². The lowest BCUT2D eigenvalue weighted by Gasteiger charge is -2.07. The van der Waals surface area contributed by atoms with Gasteiger partial charge in [0.2, 0.25) is 0 Å². The zero-order valence-electron chi connectivity index (χ0n) is 7.31. The van der Waals surface area contributed by atoms with E-state index in [1.807, 2.05) is 0 Å². The average Bonchev–Trinajstić information content (AvgIpc) is 2.15. The van der Waals surface area contributed by atoms with Gasteiger partial charge in [0.15, 0.2) is 0 Å². The molecule has 0 fully saturated rings. The molecule has 1 aromatic carbocycles. The molecule has 0 aromatic heterocycles. The minimum absolute atomic E-state index is 0.224. The molecular formula is C9H7BrCl2O2. The van der Waals surface area contributed by atoms with Crippen LogP contribution in [0.15, 0.2) is 16.6 Å².